The third-order valence-electron chi connectivity index (χ3n) is 4.11. The molecule has 0 aliphatic heterocycles. The first kappa shape index (κ1) is 14.0. The molecule has 0 spiro atoms. The highest BCUT2D eigenvalue weighted by Crippen LogP contribution is 2.35. The average Bonchev–Trinajstić information content (AvgIpc) is 2.25. The van der Waals surface area contributed by atoms with Gasteiger partial charge >= 0.3 is 0 Å². The van der Waals surface area contributed by atoms with Gasteiger partial charge in [0.15, 0.2) is 0 Å². The van der Waals surface area contributed by atoms with Gasteiger partial charge in [0.1, 0.15) is 0 Å². The van der Waals surface area contributed by atoms with E-state index in [2.05, 4.69) is 33.0 Å². The number of hydrogen-bond acceptors (Lipinski definition) is 1. The third-order valence-corrected chi connectivity index (χ3v) is 4.11. The normalized spacial score (nSPS) is 22.3. The molecule has 0 amide bonds. The standard InChI is InChI=1S/C15H31N/c1-13(2)8-9-14(3)16-12-15(4)10-6-5-7-11-15/h13-14,16H,5-12H2,1-4H3. The molecule has 1 rings (SSSR count). The Hall–Kier alpha value is -0.0400. The minimum absolute atomic E-state index is 0.588. The molecule has 1 fully saturated rings. The van der Waals surface area contributed by atoms with Gasteiger partial charge in [-0.15, -0.1) is 0 Å². The van der Waals surface area contributed by atoms with Gasteiger partial charge in [-0.2, -0.15) is 0 Å². The van der Waals surface area contributed by atoms with Crippen LogP contribution in [0.2, 0.25) is 0 Å². The molecule has 96 valence electrons. The molecule has 1 aliphatic rings. The zero-order valence-electron chi connectivity index (χ0n) is 11.8. The van der Waals surface area contributed by atoms with Crippen LogP contribution >= 0.6 is 0 Å². The van der Waals surface area contributed by atoms with E-state index in [1.165, 1.54) is 51.5 Å². The van der Waals surface area contributed by atoms with Crippen LogP contribution in [0.1, 0.15) is 72.6 Å². The Morgan fingerprint density at radius 3 is 2.19 bits per heavy atom. The second kappa shape index (κ2) is 6.64. The van der Waals surface area contributed by atoms with Crippen LogP contribution in [0.3, 0.4) is 0 Å². The summed E-state index contributed by atoms with van der Waals surface area (Å²) in [5.41, 5.74) is 0.588. The van der Waals surface area contributed by atoms with E-state index < -0.39 is 0 Å². The summed E-state index contributed by atoms with van der Waals surface area (Å²) in [6.07, 6.45) is 9.88. The fraction of sp³-hybridized carbons (Fsp3) is 1.00. The maximum absolute atomic E-state index is 3.75. The van der Waals surface area contributed by atoms with Gasteiger partial charge < -0.3 is 5.32 Å². The van der Waals surface area contributed by atoms with Gasteiger partial charge in [-0.1, -0.05) is 40.0 Å². The minimum Gasteiger partial charge on any atom is -0.314 e. The van der Waals surface area contributed by atoms with Gasteiger partial charge in [0.2, 0.25) is 0 Å². The Morgan fingerprint density at radius 2 is 1.62 bits per heavy atom. The second-order valence-corrected chi connectivity index (χ2v) is 6.62. The maximum Gasteiger partial charge on any atom is 0.00390 e. The van der Waals surface area contributed by atoms with Crippen LogP contribution in [0.15, 0.2) is 0 Å². The Balaban J connectivity index is 2.17. The SMILES string of the molecule is CC(C)CCC(C)NCC1(C)CCCCC1. The van der Waals surface area contributed by atoms with E-state index in [0.29, 0.717) is 11.5 Å². The van der Waals surface area contributed by atoms with Crippen molar-refractivity contribution in [1.82, 2.24) is 5.32 Å². The zero-order valence-corrected chi connectivity index (χ0v) is 11.8. The van der Waals surface area contributed by atoms with Crippen LogP contribution < -0.4 is 5.32 Å². The van der Waals surface area contributed by atoms with Crippen LogP contribution in [0.5, 0.6) is 0 Å². The highest BCUT2D eigenvalue weighted by Gasteiger charge is 2.26. The lowest BCUT2D eigenvalue weighted by atomic mass is 9.75. The molecule has 0 aromatic rings. The molecule has 0 saturated heterocycles. The van der Waals surface area contributed by atoms with Crippen molar-refractivity contribution in [2.75, 3.05) is 6.54 Å². The van der Waals surface area contributed by atoms with E-state index in [-0.39, 0.29) is 0 Å². The molecule has 0 heterocycles. The van der Waals surface area contributed by atoms with Crippen molar-refractivity contribution in [3.05, 3.63) is 0 Å². The molecule has 1 atom stereocenters. The smallest absolute Gasteiger partial charge is 0.00390 e. The molecule has 0 radical (unpaired) electrons. The average molecular weight is 225 g/mol. The van der Waals surface area contributed by atoms with Crippen LogP contribution in [0, 0.1) is 11.3 Å². The van der Waals surface area contributed by atoms with E-state index in [1.54, 1.807) is 0 Å². The van der Waals surface area contributed by atoms with Gasteiger partial charge in [-0.3, -0.25) is 0 Å². The Bertz CT molecular complexity index is 180. The van der Waals surface area contributed by atoms with Crippen molar-refractivity contribution in [2.45, 2.75) is 78.7 Å². The van der Waals surface area contributed by atoms with Gasteiger partial charge in [0, 0.05) is 12.6 Å². The zero-order chi connectivity index (χ0) is 12.0. The van der Waals surface area contributed by atoms with Gasteiger partial charge in [0.05, 0.1) is 0 Å². The summed E-state index contributed by atoms with van der Waals surface area (Å²) in [6.45, 7) is 10.7. The van der Waals surface area contributed by atoms with Crippen LogP contribution in [0.4, 0.5) is 0 Å². The Kier molecular flexibility index (Phi) is 5.82. The first-order valence-electron chi connectivity index (χ1n) is 7.25. The molecule has 1 N–H and O–H groups in total. The number of nitrogens with one attached hydrogen (secondary N) is 1. The molecule has 1 nitrogen and oxygen atoms in total. The van der Waals surface area contributed by atoms with Crippen LogP contribution in [-0.2, 0) is 0 Å². The highest BCUT2D eigenvalue weighted by molar-refractivity contribution is 4.81. The first-order valence-corrected chi connectivity index (χ1v) is 7.25. The quantitative estimate of drug-likeness (QED) is 0.708. The van der Waals surface area contributed by atoms with Gasteiger partial charge in [-0.05, 0) is 43.9 Å². The van der Waals surface area contributed by atoms with Gasteiger partial charge in [-0.25, -0.2) is 0 Å². The van der Waals surface area contributed by atoms with E-state index in [1.807, 2.05) is 0 Å². The van der Waals surface area contributed by atoms with Crippen molar-refractivity contribution in [2.24, 2.45) is 11.3 Å². The molecule has 1 aliphatic carbocycles. The van der Waals surface area contributed by atoms with Crippen molar-refractivity contribution >= 4 is 0 Å². The molecule has 0 aromatic carbocycles. The summed E-state index contributed by atoms with van der Waals surface area (Å²) >= 11 is 0. The van der Waals surface area contributed by atoms with E-state index >= 15 is 0 Å². The predicted molar refractivity (Wildman–Crippen MR) is 72.7 cm³/mol. The number of hydrogen-bond donors (Lipinski definition) is 1. The van der Waals surface area contributed by atoms with Gasteiger partial charge in [0.25, 0.3) is 0 Å². The molecule has 1 heteroatoms. The highest BCUT2D eigenvalue weighted by atomic mass is 14.9. The lowest BCUT2D eigenvalue weighted by Gasteiger charge is -2.35. The molecule has 0 aromatic heterocycles. The molecule has 16 heavy (non-hydrogen) atoms. The third kappa shape index (κ3) is 5.34. The number of rotatable bonds is 6. The summed E-state index contributed by atoms with van der Waals surface area (Å²) in [4.78, 5) is 0. The summed E-state index contributed by atoms with van der Waals surface area (Å²) in [5.74, 6) is 0.842. The summed E-state index contributed by atoms with van der Waals surface area (Å²) < 4.78 is 0. The second-order valence-electron chi connectivity index (χ2n) is 6.62. The summed E-state index contributed by atoms with van der Waals surface area (Å²) in [6, 6.07) is 0.696. The monoisotopic (exact) mass is 225 g/mol. The largest absolute Gasteiger partial charge is 0.314 e. The summed E-state index contributed by atoms with van der Waals surface area (Å²) in [5, 5.41) is 3.75. The molecule has 1 unspecified atom stereocenters. The van der Waals surface area contributed by atoms with Crippen molar-refractivity contribution in [3.63, 3.8) is 0 Å². The fourth-order valence-corrected chi connectivity index (χ4v) is 2.69. The molecule has 0 bridgehead atoms. The summed E-state index contributed by atoms with van der Waals surface area (Å²) in [7, 11) is 0. The molecular weight excluding hydrogens is 194 g/mol. The minimum atomic E-state index is 0.588. The lowest BCUT2D eigenvalue weighted by Crippen LogP contribution is -2.38. The van der Waals surface area contributed by atoms with E-state index in [9.17, 15) is 0 Å². The van der Waals surface area contributed by atoms with Crippen LogP contribution in [0.25, 0.3) is 0 Å². The van der Waals surface area contributed by atoms with Crippen LogP contribution in [-0.4, -0.2) is 12.6 Å². The maximum atomic E-state index is 3.75. The van der Waals surface area contributed by atoms with Crippen molar-refractivity contribution in [3.8, 4) is 0 Å². The topological polar surface area (TPSA) is 12.0 Å². The lowest BCUT2D eigenvalue weighted by molar-refractivity contribution is 0.199. The Labute approximate surface area is 102 Å². The fourth-order valence-electron chi connectivity index (χ4n) is 2.69. The van der Waals surface area contributed by atoms with E-state index in [0.717, 1.165) is 5.92 Å². The first-order chi connectivity index (χ1) is 7.52. The Morgan fingerprint density at radius 1 is 1.00 bits per heavy atom. The predicted octanol–water partition coefficient (Wildman–Crippen LogP) is 4.37. The molecule has 1 saturated carbocycles. The molecular formula is C15H31N. The van der Waals surface area contributed by atoms with Crippen molar-refractivity contribution in [1.29, 1.82) is 0 Å². The van der Waals surface area contributed by atoms with E-state index in [4.69, 9.17) is 0 Å². The van der Waals surface area contributed by atoms with Crippen molar-refractivity contribution < 1.29 is 0 Å².